The molecule has 1 aliphatic rings. The minimum atomic E-state index is -0.599. The van der Waals surface area contributed by atoms with E-state index in [4.69, 9.17) is 36.3 Å². The van der Waals surface area contributed by atoms with E-state index >= 15 is 0 Å². The van der Waals surface area contributed by atoms with Gasteiger partial charge in [0.05, 0.1) is 37.8 Å². The second-order valence-corrected chi connectivity index (χ2v) is 8.89. The molecule has 180 valence electrons. The van der Waals surface area contributed by atoms with Crippen LogP contribution in [-0.2, 0) is 43.5 Å². The second kappa shape index (κ2) is 13.0. The molecule has 0 aliphatic carbocycles. The zero-order valence-corrected chi connectivity index (χ0v) is 20.3. The molecule has 0 N–H and O–H groups in total. The highest BCUT2D eigenvalue weighted by atomic mass is 32.1. The summed E-state index contributed by atoms with van der Waals surface area (Å²) in [7, 11) is 1.62. The first kappa shape index (κ1) is 24.9. The van der Waals surface area contributed by atoms with Crippen molar-refractivity contribution in [1.29, 1.82) is 0 Å². The fourth-order valence-electron chi connectivity index (χ4n) is 3.99. The highest BCUT2D eigenvalue weighted by molar-refractivity contribution is 7.81. The minimum Gasteiger partial charge on any atom is -0.374 e. The average molecular weight is 481 g/mol. The molecule has 1 saturated heterocycles. The Morgan fingerprint density at radius 2 is 1.15 bits per heavy atom. The lowest BCUT2D eigenvalue weighted by Gasteiger charge is -2.44. The largest absolute Gasteiger partial charge is 0.374 e. The van der Waals surface area contributed by atoms with Gasteiger partial charge in [0.2, 0.25) is 0 Å². The Balaban J connectivity index is 1.44. The molecule has 3 aromatic carbocycles. The molecule has 0 saturated carbocycles. The van der Waals surface area contributed by atoms with Crippen LogP contribution in [0.2, 0.25) is 0 Å². The molecule has 3 unspecified atom stereocenters. The predicted molar refractivity (Wildman–Crippen MR) is 135 cm³/mol. The van der Waals surface area contributed by atoms with Gasteiger partial charge in [-0.2, -0.15) is 12.6 Å². The van der Waals surface area contributed by atoms with Crippen LogP contribution in [-0.4, -0.2) is 43.6 Å². The minimum absolute atomic E-state index is 0.258. The van der Waals surface area contributed by atoms with Crippen molar-refractivity contribution in [2.75, 3.05) is 13.7 Å². The Kier molecular flexibility index (Phi) is 9.56. The van der Waals surface area contributed by atoms with Crippen LogP contribution in [0, 0.1) is 0 Å². The highest BCUT2D eigenvalue weighted by Gasteiger charge is 2.46. The third-order valence-electron chi connectivity index (χ3n) is 5.82. The van der Waals surface area contributed by atoms with Gasteiger partial charge in [0.1, 0.15) is 12.2 Å². The second-order valence-electron chi connectivity index (χ2n) is 8.29. The lowest BCUT2D eigenvalue weighted by atomic mass is 10.0. The summed E-state index contributed by atoms with van der Waals surface area (Å²) in [4.78, 5) is 0. The molecular weight excluding hydrogens is 448 g/mol. The standard InChI is InChI=1S/C28H32O5S/c1-29-28-26(32-19-23-15-9-4-10-16-23)25(31-18-22-13-7-3-8-14-22)27(34)24(33-28)20-30-17-21-11-5-2-6-12-21/h2-16,24-28,34H,17-20H2,1H3/t24?,25?,26?,27-,28+/m1/s1. The maximum absolute atomic E-state index is 6.39. The van der Waals surface area contributed by atoms with Gasteiger partial charge in [0.15, 0.2) is 6.29 Å². The molecule has 1 fully saturated rings. The molecule has 5 nitrogen and oxygen atoms in total. The van der Waals surface area contributed by atoms with Gasteiger partial charge in [-0.15, -0.1) is 0 Å². The SMILES string of the molecule is CO[C@H]1OC(COCc2ccccc2)[C@@H](S)C(OCc2ccccc2)C1OCc1ccccc1. The van der Waals surface area contributed by atoms with Gasteiger partial charge in [-0.3, -0.25) is 0 Å². The first-order valence-electron chi connectivity index (χ1n) is 11.5. The van der Waals surface area contributed by atoms with Gasteiger partial charge < -0.3 is 23.7 Å². The molecule has 1 aliphatic heterocycles. The Hall–Kier alpha value is -2.19. The summed E-state index contributed by atoms with van der Waals surface area (Å²) in [6.07, 6.45) is -1.70. The molecule has 0 aromatic heterocycles. The number of thiol groups is 1. The third kappa shape index (κ3) is 6.92. The zero-order chi connectivity index (χ0) is 23.6. The highest BCUT2D eigenvalue weighted by Crippen LogP contribution is 2.31. The Morgan fingerprint density at radius 3 is 1.65 bits per heavy atom. The fourth-order valence-corrected chi connectivity index (χ4v) is 4.40. The van der Waals surface area contributed by atoms with Gasteiger partial charge in [-0.25, -0.2) is 0 Å². The van der Waals surface area contributed by atoms with Crippen molar-refractivity contribution in [2.45, 2.75) is 49.7 Å². The van der Waals surface area contributed by atoms with Crippen LogP contribution >= 0.6 is 12.6 Å². The maximum atomic E-state index is 6.39. The van der Waals surface area contributed by atoms with Gasteiger partial charge in [0.25, 0.3) is 0 Å². The van der Waals surface area contributed by atoms with E-state index < -0.39 is 12.4 Å². The van der Waals surface area contributed by atoms with Crippen LogP contribution in [0.15, 0.2) is 91.0 Å². The molecule has 3 aromatic rings. The molecule has 5 atom stereocenters. The Morgan fingerprint density at radius 1 is 0.676 bits per heavy atom. The van der Waals surface area contributed by atoms with Crippen LogP contribution in [0.1, 0.15) is 16.7 Å². The lowest BCUT2D eigenvalue weighted by molar-refractivity contribution is -0.282. The summed E-state index contributed by atoms with van der Waals surface area (Å²) in [5, 5.41) is -0.258. The van der Waals surface area contributed by atoms with E-state index in [1.54, 1.807) is 7.11 Å². The molecule has 34 heavy (non-hydrogen) atoms. The molecule has 0 amide bonds. The zero-order valence-electron chi connectivity index (χ0n) is 19.4. The normalized spacial score (nSPS) is 24.7. The Bertz CT molecular complexity index is 956. The monoisotopic (exact) mass is 480 g/mol. The maximum Gasteiger partial charge on any atom is 0.186 e. The van der Waals surface area contributed by atoms with Gasteiger partial charge in [0, 0.05) is 7.11 Å². The summed E-state index contributed by atoms with van der Waals surface area (Å²) >= 11 is 4.91. The van der Waals surface area contributed by atoms with E-state index in [1.807, 2.05) is 91.0 Å². The number of rotatable bonds is 11. The van der Waals surface area contributed by atoms with E-state index in [9.17, 15) is 0 Å². The van der Waals surface area contributed by atoms with Gasteiger partial charge in [-0.05, 0) is 16.7 Å². The summed E-state index contributed by atoms with van der Waals surface area (Å²) in [6, 6.07) is 30.2. The van der Waals surface area contributed by atoms with Crippen LogP contribution in [0.4, 0.5) is 0 Å². The average Bonchev–Trinajstić information content (AvgIpc) is 2.89. The number of methoxy groups -OCH3 is 1. The summed E-state index contributed by atoms with van der Waals surface area (Å²) in [6.45, 7) is 1.75. The summed E-state index contributed by atoms with van der Waals surface area (Å²) < 4.78 is 30.6. The van der Waals surface area contributed by atoms with Crippen LogP contribution in [0.25, 0.3) is 0 Å². The summed E-state index contributed by atoms with van der Waals surface area (Å²) in [5.41, 5.74) is 3.27. The quantitative estimate of drug-likeness (QED) is 0.390. The van der Waals surface area contributed by atoms with E-state index in [-0.39, 0.29) is 17.5 Å². The molecular formula is C28H32O5S. The molecule has 0 bridgehead atoms. The van der Waals surface area contributed by atoms with E-state index in [0.717, 1.165) is 16.7 Å². The summed E-state index contributed by atoms with van der Waals surface area (Å²) in [5.74, 6) is 0. The van der Waals surface area contributed by atoms with Crippen molar-refractivity contribution < 1.29 is 23.7 Å². The molecule has 4 rings (SSSR count). The molecule has 1 heterocycles. The fraction of sp³-hybridized carbons (Fsp3) is 0.357. The molecule has 0 radical (unpaired) electrons. The van der Waals surface area contributed by atoms with Crippen LogP contribution in [0.5, 0.6) is 0 Å². The van der Waals surface area contributed by atoms with E-state index in [1.165, 1.54) is 0 Å². The van der Waals surface area contributed by atoms with Crippen molar-refractivity contribution in [3.05, 3.63) is 108 Å². The predicted octanol–water partition coefficient (Wildman–Crippen LogP) is 5.04. The number of ether oxygens (including phenoxy) is 5. The van der Waals surface area contributed by atoms with E-state index in [0.29, 0.717) is 26.4 Å². The van der Waals surface area contributed by atoms with Crippen LogP contribution < -0.4 is 0 Å². The van der Waals surface area contributed by atoms with Gasteiger partial charge >= 0.3 is 0 Å². The van der Waals surface area contributed by atoms with E-state index in [2.05, 4.69) is 0 Å². The third-order valence-corrected chi connectivity index (χ3v) is 6.44. The lowest BCUT2D eigenvalue weighted by Crippen LogP contribution is -2.59. The number of benzene rings is 3. The molecule has 0 spiro atoms. The van der Waals surface area contributed by atoms with Crippen molar-refractivity contribution in [3.8, 4) is 0 Å². The first-order chi connectivity index (χ1) is 16.7. The van der Waals surface area contributed by atoms with Crippen molar-refractivity contribution >= 4 is 12.6 Å². The van der Waals surface area contributed by atoms with Crippen molar-refractivity contribution in [1.82, 2.24) is 0 Å². The van der Waals surface area contributed by atoms with Crippen molar-refractivity contribution in [3.63, 3.8) is 0 Å². The number of hydrogen-bond acceptors (Lipinski definition) is 6. The smallest absolute Gasteiger partial charge is 0.186 e. The van der Waals surface area contributed by atoms with Gasteiger partial charge in [-0.1, -0.05) is 91.0 Å². The van der Waals surface area contributed by atoms with Crippen molar-refractivity contribution in [2.24, 2.45) is 0 Å². The molecule has 6 heteroatoms. The topological polar surface area (TPSA) is 46.2 Å². The van der Waals surface area contributed by atoms with Crippen LogP contribution in [0.3, 0.4) is 0 Å². The Labute approximate surface area is 207 Å². The first-order valence-corrected chi connectivity index (χ1v) is 12.1. The number of hydrogen-bond donors (Lipinski definition) is 1.